The van der Waals surface area contributed by atoms with Crippen LogP contribution in [0.4, 0.5) is 5.69 Å². The van der Waals surface area contributed by atoms with Gasteiger partial charge in [0.1, 0.15) is 5.75 Å². The van der Waals surface area contributed by atoms with Crippen molar-refractivity contribution in [1.29, 1.82) is 0 Å². The van der Waals surface area contributed by atoms with Crippen molar-refractivity contribution >= 4 is 11.6 Å². The van der Waals surface area contributed by atoms with E-state index in [0.29, 0.717) is 30.3 Å². The van der Waals surface area contributed by atoms with Gasteiger partial charge in [-0.15, -0.1) is 0 Å². The van der Waals surface area contributed by atoms with Crippen LogP contribution in [-0.4, -0.2) is 49.3 Å². The van der Waals surface area contributed by atoms with E-state index in [-0.39, 0.29) is 5.91 Å². The molecule has 0 N–H and O–H groups in total. The largest absolute Gasteiger partial charge is 0.497 e. The number of rotatable bonds is 5. The van der Waals surface area contributed by atoms with Crippen LogP contribution in [0.5, 0.6) is 5.75 Å². The summed E-state index contributed by atoms with van der Waals surface area (Å²) in [6.07, 6.45) is 3.22. The third kappa shape index (κ3) is 3.16. The van der Waals surface area contributed by atoms with Crippen LogP contribution in [0.25, 0.3) is 11.5 Å². The smallest absolute Gasteiger partial charge is 0.235 e. The molecule has 5 rings (SSSR count). The minimum Gasteiger partial charge on any atom is -0.497 e. The van der Waals surface area contributed by atoms with Crippen LogP contribution in [0.1, 0.15) is 18.5 Å². The fraction of sp³-hybridized carbons (Fsp3) is 0.364. The summed E-state index contributed by atoms with van der Waals surface area (Å²) in [7, 11) is 1.67. The molecule has 1 amide bonds. The number of benzene rings is 1. The topological polar surface area (TPSA) is 72.0 Å². The monoisotopic (exact) mass is 393 g/mol. The summed E-state index contributed by atoms with van der Waals surface area (Å²) >= 11 is 0. The van der Waals surface area contributed by atoms with Gasteiger partial charge in [-0.25, -0.2) is 0 Å². The molecule has 0 bridgehead atoms. The summed E-state index contributed by atoms with van der Waals surface area (Å²) in [5, 5.41) is 4.20. The van der Waals surface area contributed by atoms with Gasteiger partial charge in [0, 0.05) is 44.0 Å². The fourth-order valence-corrected chi connectivity index (χ4v) is 4.02. The van der Waals surface area contributed by atoms with Gasteiger partial charge in [-0.3, -0.25) is 4.79 Å². The molecular weight excluding hydrogens is 370 g/mol. The number of nitrogens with zero attached hydrogens (tertiary/aromatic N) is 3. The Morgan fingerprint density at radius 2 is 1.90 bits per heavy atom. The number of anilines is 1. The normalized spacial score (nSPS) is 18.0. The number of hydrogen-bond donors (Lipinski definition) is 0. The van der Waals surface area contributed by atoms with Crippen LogP contribution >= 0.6 is 0 Å². The summed E-state index contributed by atoms with van der Waals surface area (Å²) in [6, 6.07) is 13.5. The van der Waals surface area contributed by atoms with E-state index < -0.39 is 5.41 Å². The highest BCUT2D eigenvalue weighted by Crippen LogP contribution is 2.50. The summed E-state index contributed by atoms with van der Waals surface area (Å²) in [5.41, 5.74) is 1.30. The molecular formula is C22H23N3O4. The van der Waals surface area contributed by atoms with E-state index in [0.717, 1.165) is 37.4 Å². The van der Waals surface area contributed by atoms with Crippen molar-refractivity contribution in [2.75, 3.05) is 38.2 Å². The molecule has 29 heavy (non-hydrogen) atoms. The van der Waals surface area contributed by atoms with Gasteiger partial charge in [-0.05, 0) is 37.1 Å². The Morgan fingerprint density at radius 1 is 1.07 bits per heavy atom. The van der Waals surface area contributed by atoms with Crippen LogP contribution in [-0.2, 0) is 10.2 Å². The van der Waals surface area contributed by atoms with Gasteiger partial charge < -0.3 is 23.5 Å². The van der Waals surface area contributed by atoms with E-state index in [2.05, 4.69) is 16.1 Å². The molecule has 7 heteroatoms. The molecule has 0 radical (unpaired) electrons. The first kappa shape index (κ1) is 17.8. The van der Waals surface area contributed by atoms with Crippen molar-refractivity contribution in [3.63, 3.8) is 0 Å². The van der Waals surface area contributed by atoms with Gasteiger partial charge in [0.15, 0.2) is 5.76 Å². The van der Waals surface area contributed by atoms with Gasteiger partial charge in [0.05, 0.1) is 24.5 Å². The molecule has 0 spiro atoms. The minimum atomic E-state index is -0.535. The van der Waals surface area contributed by atoms with Crippen molar-refractivity contribution < 1.29 is 18.5 Å². The van der Waals surface area contributed by atoms with Gasteiger partial charge in [0.2, 0.25) is 11.7 Å². The van der Waals surface area contributed by atoms with Gasteiger partial charge >= 0.3 is 0 Å². The second-order valence-corrected chi connectivity index (χ2v) is 7.62. The Bertz CT molecular complexity index is 999. The van der Waals surface area contributed by atoms with Gasteiger partial charge in [0.25, 0.3) is 0 Å². The average molecular weight is 393 g/mol. The number of ether oxygens (including phenoxy) is 1. The molecule has 1 aliphatic heterocycles. The molecule has 7 nitrogen and oxygen atoms in total. The zero-order valence-corrected chi connectivity index (χ0v) is 16.3. The summed E-state index contributed by atoms with van der Waals surface area (Å²) < 4.78 is 16.1. The Balaban J connectivity index is 1.27. The lowest BCUT2D eigenvalue weighted by Gasteiger charge is -2.37. The van der Waals surface area contributed by atoms with Crippen LogP contribution in [0.3, 0.4) is 0 Å². The molecule has 150 valence electrons. The van der Waals surface area contributed by atoms with E-state index in [1.807, 2.05) is 35.2 Å². The quantitative estimate of drug-likeness (QED) is 0.662. The average Bonchev–Trinajstić information content (AvgIpc) is 3.18. The molecule has 1 saturated heterocycles. The van der Waals surface area contributed by atoms with Gasteiger partial charge in [-0.2, -0.15) is 0 Å². The fourth-order valence-electron chi connectivity index (χ4n) is 4.02. The van der Waals surface area contributed by atoms with E-state index in [1.54, 1.807) is 19.4 Å². The molecule has 1 aliphatic carbocycles. The zero-order chi connectivity index (χ0) is 19.8. The van der Waals surface area contributed by atoms with Crippen molar-refractivity contribution in [3.05, 3.63) is 54.4 Å². The lowest BCUT2D eigenvalue weighted by molar-refractivity contribution is -0.134. The number of carbonyl (C=O) groups is 1. The second-order valence-electron chi connectivity index (χ2n) is 7.62. The molecule has 2 fully saturated rings. The zero-order valence-electron chi connectivity index (χ0n) is 16.3. The number of furan rings is 1. The Morgan fingerprint density at radius 3 is 2.59 bits per heavy atom. The Hall–Kier alpha value is -3.22. The SMILES string of the molecule is COc1cccc(N2CCN(C(=O)C3(c4cc(-c5ccco5)on4)CC3)CC2)c1. The predicted molar refractivity (Wildman–Crippen MR) is 107 cm³/mol. The Labute approximate surface area is 168 Å². The van der Waals surface area contributed by atoms with Crippen molar-refractivity contribution in [2.24, 2.45) is 0 Å². The standard InChI is InChI=1S/C22H23N3O4/c1-27-17-5-2-4-16(14-17)24-9-11-25(12-10-24)21(26)22(7-8-22)20-15-19(29-23-20)18-6-3-13-28-18/h2-6,13-15H,7-12H2,1H3. The maximum atomic E-state index is 13.3. The number of methoxy groups -OCH3 is 1. The van der Waals surface area contributed by atoms with Crippen molar-refractivity contribution in [1.82, 2.24) is 10.1 Å². The van der Waals surface area contributed by atoms with Crippen LogP contribution < -0.4 is 9.64 Å². The molecule has 1 saturated carbocycles. The first-order valence-corrected chi connectivity index (χ1v) is 9.89. The summed E-state index contributed by atoms with van der Waals surface area (Å²) in [4.78, 5) is 17.6. The first-order chi connectivity index (χ1) is 14.2. The van der Waals surface area contributed by atoms with Crippen LogP contribution in [0.2, 0.25) is 0 Å². The first-order valence-electron chi connectivity index (χ1n) is 9.89. The molecule has 3 aromatic rings. The highest BCUT2D eigenvalue weighted by atomic mass is 16.5. The van der Waals surface area contributed by atoms with E-state index >= 15 is 0 Å². The van der Waals surface area contributed by atoms with Gasteiger partial charge in [-0.1, -0.05) is 11.2 Å². The molecule has 0 unspecified atom stereocenters. The molecule has 2 aromatic heterocycles. The minimum absolute atomic E-state index is 0.155. The molecule has 2 aliphatic rings. The highest BCUT2D eigenvalue weighted by molar-refractivity contribution is 5.91. The number of carbonyl (C=O) groups excluding carboxylic acids is 1. The number of aromatic nitrogens is 1. The number of piperazine rings is 1. The molecule has 3 heterocycles. The number of hydrogen-bond acceptors (Lipinski definition) is 6. The van der Waals surface area contributed by atoms with Crippen molar-refractivity contribution in [2.45, 2.75) is 18.3 Å². The van der Waals surface area contributed by atoms with E-state index in [1.165, 1.54) is 0 Å². The number of amides is 1. The second kappa shape index (κ2) is 6.99. The van der Waals surface area contributed by atoms with Crippen LogP contribution in [0, 0.1) is 0 Å². The Kier molecular flexibility index (Phi) is 4.30. The van der Waals surface area contributed by atoms with E-state index in [9.17, 15) is 4.79 Å². The molecule has 1 aromatic carbocycles. The third-order valence-corrected chi connectivity index (χ3v) is 5.91. The third-order valence-electron chi connectivity index (χ3n) is 5.91. The summed E-state index contributed by atoms with van der Waals surface area (Å²) in [5.74, 6) is 2.18. The predicted octanol–water partition coefficient (Wildman–Crippen LogP) is 3.32. The highest BCUT2D eigenvalue weighted by Gasteiger charge is 2.55. The lowest BCUT2D eigenvalue weighted by atomic mass is 9.99. The maximum absolute atomic E-state index is 13.3. The van der Waals surface area contributed by atoms with Crippen molar-refractivity contribution in [3.8, 4) is 17.3 Å². The summed E-state index contributed by atoms with van der Waals surface area (Å²) in [6.45, 7) is 2.98. The molecule has 0 atom stereocenters. The van der Waals surface area contributed by atoms with E-state index in [4.69, 9.17) is 13.7 Å². The lowest BCUT2D eigenvalue weighted by Crippen LogP contribution is -2.51. The van der Waals surface area contributed by atoms with Crippen LogP contribution in [0.15, 0.2) is 57.7 Å². The maximum Gasteiger partial charge on any atom is 0.235 e.